The summed E-state index contributed by atoms with van der Waals surface area (Å²) in [5.74, 6) is 0.259. The molecule has 1 aromatic heterocycles. The fourth-order valence-electron chi connectivity index (χ4n) is 1.49. The van der Waals surface area contributed by atoms with E-state index < -0.39 is 0 Å². The number of carbonyl (C=O) groups is 1. The van der Waals surface area contributed by atoms with Gasteiger partial charge in [-0.2, -0.15) is 0 Å². The third kappa shape index (κ3) is 4.18. The van der Waals surface area contributed by atoms with Gasteiger partial charge in [0, 0.05) is 24.3 Å². The maximum absolute atomic E-state index is 12.1. The number of aromatic nitrogens is 1. The van der Waals surface area contributed by atoms with Crippen LogP contribution in [-0.2, 0) is 0 Å². The van der Waals surface area contributed by atoms with E-state index in [-0.39, 0.29) is 17.5 Å². The molecule has 18 heavy (non-hydrogen) atoms. The number of rotatable bonds is 3. The van der Waals surface area contributed by atoms with Crippen molar-refractivity contribution in [2.45, 2.75) is 39.7 Å². The SMILES string of the molecule is CCCN(C(=O)Oc1ccc(Cl)cn1)C(C)(C)C. The summed E-state index contributed by atoms with van der Waals surface area (Å²) in [7, 11) is 0. The Labute approximate surface area is 113 Å². The van der Waals surface area contributed by atoms with Gasteiger partial charge in [-0.15, -0.1) is 0 Å². The highest BCUT2D eigenvalue weighted by Crippen LogP contribution is 2.17. The van der Waals surface area contributed by atoms with E-state index in [1.54, 1.807) is 17.0 Å². The second-order valence-corrected chi connectivity index (χ2v) is 5.44. The average molecular weight is 271 g/mol. The van der Waals surface area contributed by atoms with Crippen molar-refractivity contribution in [1.29, 1.82) is 0 Å². The summed E-state index contributed by atoms with van der Waals surface area (Å²) < 4.78 is 5.23. The van der Waals surface area contributed by atoms with E-state index in [4.69, 9.17) is 16.3 Å². The van der Waals surface area contributed by atoms with Gasteiger partial charge in [0.2, 0.25) is 5.88 Å². The monoisotopic (exact) mass is 270 g/mol. The zero-order chi connectivity index (χ0) is 13.8. The summed E-state index contributed by atoms with van der Waals surface area (Å²) in [6.45, 7) is 8.58. The molecule has 4 nitrogen and oxygen atoms in total. The van der Waals surface area contributed by atoms with Crippen LogP contribution in [-0.4, -0.2) is 28.1 Å². The predicted molar refractivity (Wildman–Crippen MR) is 72.0 cm³/mol. The molecule has 0 radical (unpaired) electrons. The Morgan fingerprint density at radius 3 is 2.56 bits per heavy atom. The van der Waals surface area contributed by atoms with E-state index in [9.17, 15) is 4.79 Å². The molecule has 1 amide bonds. The van der Waals surface area contributed by atoms with Crippen LogP contribution in [0.1, 0.15) is 34.1 Å². The van der Waals surface area contributed by atoms with Crippen molar-refractivity contribution in [2.24, 2.45) is 0 Å². The Hall–Kier alpha value is -1.29. The lowest BCUT2D eigenvalue weighted by Gasteiger charge is -2.34. The van der Waals surface area contributed by atoms with Gasteiger partial charge in [0.15, 0.2) is 0 Å². The van der Waals surface area contributed by atoms with Crippen LogP contribution < -0.4 is 4.74 Å². The van der Waals surface area contributed by atoms with Crippen LogP contribution >= 0.6 is 11.6 Å². The molecule has 0 aliphatic carbocycles. The van der Waals surface area contributed by atoms with Gasteiger partial charge in [-0.05, 0) is 33.3 Å². The number of amides is 1. The lowest BCUT2D eigenvalue weighted by atomic mass is 10.1. The van der Waals surface area contributed by atoms with Gasteiger partial charge >= 0.3 is 6.09 Å². The number of nitrogens with zero attached hydrogens (tertiary/aromatic N) is 2. The number of hydrogen-bond donors (Lipinski definition) is 0. The maximum atomic E-state index is 12.1. The highest BCUT2D eigenvalue weighted by Gasteiger charge is 2.27. The maximum Gasteiger partial charge on any atom is 0.417 e. The van der Waals surface area contributed by atoms with Crippen molar-refractivity contribution >= 4 is 17.7 Å². The van der Waals surface area contributed by atoms with Crippen molar-refractivity contribution < 1.29 is 9.53 Å². The predicted octanol–water partition coefficient (Wildman–Crippen LogP) is 3.74. The molecule has 1 rings (SSSR count). The van der Waals surface area contributed by atoms with Crippen molar-refractivity contribution in [2.75, 3.05) is 6.54 Å². The topological polar surface area (TPSA) is 42.4 Å². The highest BCUT2D eigenvalue weighted by atomic mass is 35.5. The van der Waals surface area contributed by atoms with Crippen LogP contribution in [0.4, 0.5) is 4.79 Å². The minimum atomic E-state index is -0.390. The Bertz CT molecular complexity index is 398. The summed E-state index contributed by atoms with van der Waals surface area (Å²) >= 11 is 5.72. The molecule has 1 heterocycles. The number of halogens is 1. The van der Waals surface area contributed by atoms with Crippen molar-refractivity contribution in [3.63, 3.8) is 0 Å². The van der Waals surface area contributed by atoms with Gasteiger partial charge in [-0.25, -0.2) is 9.78 Å². The van der Waals surface area contributed by atoms with Crippen LogP contribution in [0.2, 0.25) is 5.02 Å². The molecule has 0 atom stereocenters. The van der Waals surface area contributed by atoms with E-state index >= 15 is 0 Å². The third-order valence-corrected chi connectivity index (χ3v) is 2.59. The molecule has 0 bridgehead atoms. The summed E-state index contributed by atoms with van der Waals surface area (Å²) in [5.41, 5.74) is -0.278. The number of hydrogen-bond acceptors (Lipinski definition) is 3. The zero-order valence-corrected chi connectivity index (χ0v) is 12.0. The van der Waals surface area contributed by atoms with Crippen LogP contribution in [0.3, 0.4) is 0 Å². The third-order valence-electron chi connectivity index (χ3n) is 2.37. The van der Waals surface area contributed by atoms with Gasteiger partial charge in [0.25, 0.3) is 0 Å². The molecule has 0 aromatic carbocycles. The van der Waals surface area contributed by atoms with Crippen LogP contribution in [0.25, 0.3) is 0 Å². The van der Waals surface area contributed by atoms with Gasteiger partial charge in [-0.3, -0.25) is 0 Å². The molecule has 0 aliphatic heterocycles. The molecular weight excluding hydrogens is 252 g/mol. The van der Waals surface area contributed by atoms with E-state index in [1.165, 1.54) is 6.20 Å². The van der Waals surface area contributed by atoms with E-state index in [1.807, 2.05) is 27.7 Å². The minimum Gasteiger partial charge on any atom is -0.391 e. The first-order chi connectivity index (χ1) is 8.34. The quantitative estimate of drug-likeness (QED) is 0.840. The number of ether oxygens (including phenoxy) is 1. The van der Waals surface area contributed by atoms with Crippen LogP contribution in [0.5, 0.6) is 5.88 Å². The molecule has 0 saturated carbocycles. The summed E-state index contributed by atoms with van der Waals surface area (Å²) in [6, 6.07) is 3.21. The van der Waals surface area contributed by atoms with Crippen LogP contribution in [0.15, 0.2) is 18.3 Å². The molecule has 0 saturated heterocycles. The first kappa shape index (κ1) is 14.8. The fourth-order valence-corrected chi connectivity index (χ4v) is 1.60. The summed E-state index contributed by atoms with van der Waals surface area (Å²) in [5, 5.41) is 0.510. The van der Waals surface area contributed by atoms with Crippen molar-refractivity contribution in [3.05, 3.63) is 23.4 Å². The molecule has 0 unspecified atom stereocenters. The Balaban J connectivity index is 2.76. The highest BCUT2D eigenvalue weighted by molar-refractivity contribution is 6.30. The zero-order valence-electron chi connectivity index (χ0n) is 11.2. The first-order valence-electron chi connectivity index (χ1n) is 5.95. The molecule has 0 fully saturated rings. The summed E-state index contributed by atoms with van der Waals surface area (Å²) in [4.78, 5) is 17.7. The summed E-state index contributed by atoms with van der Waals surface area (Å²) in [6.07, 6.45) is 1.94. The standard InChI is InChI=1S/C13H19ClN2O2/c1-5-8-16(13(2,3)4)12(17)18-11-7-6-10(14)9-15-11/h6-7,9H,5,8H2,1-4H3. The van der Waals surface area contributed by atoms with Gasteiger partial charge in [-0.1, -0.05) is 18.5 Å². The Morgan fingerprint density at radius 2 is 2.11 bits per heavy atom. The molecule has 1 aromatic rings. The molecule has 0 aliphatic rings. The van der Waals surface area contributed by atoms with Crippen LogP contribution in [0, 0.1) is 0 Å². The van der Waals surface area contributed by atoms with Gasteiger partial charge in [0.1, 0.15) is 0 Å². The van der Waals surface area contributed by atoms with Gasteiger partial charge < -0.3 is 9.64 Å². The van der Waals surface area contributed by atoms with E-state index in [2.05, 4.69) is 4.98 Å². The first-order valence-corrected chi connectivity index (χ1v) is 6.33. The second kappa shape index (κ2) is 6.05. The molecular formula is C13H19ClN2O2. The molecule has 5 heteroatoms. The Kier molecular flexibility index (Phi) is 4.96. The number of pyridine rings is 1. The van der Waals surface area contributed by atoms with E-state index in [0.29, 0.717) is 11.6 Å². The normalized spacial score (nSPS) is 11.2. The van der Waals surface area contributed by atoms with Gasteiger partial charge in [0.05, 0.1) is 5.02 Å². The number of carbonyl (C=O) groups excluding carboxylic acids is 1. The largest absolute Gasteiger partial charge is 0.417 e. The van der Waals surface area contributed by atoms with Crippen molar-refractivity contribution in [3.8, 4) is 5.88 Å². The second-order valence-electron chi connectivity index (χ2n) is 5.01. The lowest BCUT2D eigenvalue weighted by molar-refractivity contribution is 0.105. The molecule has 100 valence electrons. The smallest absolute Gasteiger partial charge is 0.391 e. The molecule has 0 N–H and O–H groups in total. The van der Waals surface area contributed by atoms with E-state index in [0.717, 1.165) is 6.42 Å². The molecule has 0 spiro atoms. The lowest BCUT2D eigenvalue weighted by Crippen LogP contribution is -2.47. The average Bonchev–Trinajstić information content (AvgIpc) is 2.27. The Morgan fingerprint density at radius 1 is 1.44 bits per heavy atom. The van der Waals surface area contributed by atoms with Crippen molar-refractivity contribution in [1.82, 2.24) is 9.88 Å². The minimum absolute atomic E-state index is 0.259. The fraction of sp³-hybridized carbons (Fsp3) is 0.538.